The van der Waals surface area contributed by atoms with Crippen LogP contribution in [0.4, 0.5) is 5.69 Å². The highest BCUT2D eigenvalue weighted by molar-refractivity contribution is 7.10. The number of thiazole rings is 1. The van der Waals surface area contributed by atoms with Gasteiger partial charge in [0.05, 0.1) is 10.9 Å². The Morgan fingerprint density at radius 2 is 1.48 bits per heavy atom. The molecule has 1 fully saturated rings. The lowest BCUT2D eigenvalue weighted by Gasteiger charge is -2.17. The summed E-state index contributed by atoms with van der Waals surface area (Å²) in [5.74, 6) is 0. The van der Waals surface area contributed by atoms with Gasteiger partial charge in [0.1, 0.15) is 6.54 Å². The summed E-state index contributed by atoms with van der Waals surface area (Å²) < 4.78 is 2.42. The first-order chi connectivity index (χ1) is 15.8. The molecule has 168 valence electrons. The molecule has 1 saturated heterocycles. The van der Waals surface area contributed by atoms with E-state index in [1.54, 1.807) is 0 Å². The van der Waals surface area contributed by atoms with Gasteiger partial charge < -0.3 is 21.9 Å². The van der Waals surface area contributed by atoms with Crippen molar-refractivity contribution in [3.8, 4) is 22.4 Å². The van der Waals surface area contributed by atoms with E-state index in [0.717, 1.165) is 6.54 Å². The Labute approximate surface area is 211 Å². The normalized spacial score (nSPS) is 13.4. The quantitative estimate of drug-likeness (QED) is 0.349. The number of benzene rings is 3. The molecule has 0 N–H and O–H groups in total. The number of aromatic nitrogens is 1. The average Bonchev–Trinajstić information content (AvgIpc) is 3.54. The molecule has 0 radical (unpaired) electrons. The number of hydrogen-bond donors (Lipinski definition) is 0. The van der Waals surface area contributed by atoms with Gasteiger partial charge in [-0.2, -0.15) is 4.57 Å². The molecule has 0 aliphatic carbocycles. The Morgan fingerprint density at radius 1 is 0.818 bits per heavy atom. The molecule has 33 heavy (non-hydrogen) atoms. The monoisotopic (exact) mass is 516 g/mol. The van der Waals surface area contributed by atoms with Crippen molar-refractivity contribution in [2.24, 2.45) is 0 Å². The summed E-state index contributed by atoms with van der Waals surface area (Å²) in [4.78, 5) is 2.48. The van der Waals surface area contributed by atoms with Gasteiger partial charge in [-0.1, -0.05) is 72.0 Å². The summed E-state index contributed by atoms with van der Waals surface area (Å²) in [5, 5.41) is 3.57. The van der Waals surface area contributed by atoms with Gasteiger partial charge in [0.2, 0.25) is 5.69 Å². The molecular formula is C29H29BrN2S. The zero-order chi connectivity index (χ0) is 21.8. The van der Waals surface area contributed by atoms with E-state index in [0.29, 0.717) is 0 Å². The first-order valence-corrected chi connectivity index (χ1v) is 12.4. The maximum Gasteiger partial charge on any atom is 0.262 e. The molecule has 0 saturated carbocycles. The van der Waals surface area contributed by atoms with Crippen molar-refractivity contribution in [1.29, 1.82) is 0 Å². The average molecular weight is 518 g/mol. The van der Waals surface area contributed by atoms with Gasteiger partial charge in [-0.25, -0.2) is 0 Å². The largest absolute Gasteiger partial charge is 1.00 e. The van der Waals surface area contributed by atoms with Crippen LogP contribution in [0.25, 0.3) is 34.5 Å². The molecule has 5 rings (SSSR count). The summed E-state index contributed by atoms with van der Waals surface area (Å²) in [5.41, 5.74) is 7.69. The van der Waals surface area contributed by atoms with E-state index in [2.05, 4.69) is 113 Å². The molecule has 2 nitrogen and oxygen atoms in total. The second kappa shape index (κ2) is 11.0. The van der Waals surface area contributed by atoms with Crippen molar-refractivity contribution < 1.29 is 21.5 Å². The topological polar surface area (TPSA) is 7.12 Å². The third-order valence-electron chi connectivity index (χ3n) is 6.23. The highest BCUT2D eigenvalue weighted by Crippen LogP contribution is 2.32. The Hall–Kier alpha value is -2.69. The Morgan fingerprint density at radius 3 is 2.18 bits per heavy atom. The van der Waals surface area contributed by atoms with Crippen molar-refractivity contribution in [3.63, 3.8) is 0 Å². The van der Waals surface area contributed by atoms with Crippen LogP contribution in [0.1, 0.15) is 30.3 Å². The van der Waals surface area contributed by atoms with Crippen LogP contribution in [-0.4, -0.2) is 13.1 Å². The number of rotatable bonds is 6. The predicted molar refractivity (Wildman–Crippen MR) is 138 cm³/mol. The summed E-state index contributed by atoms with van der Waals surface area (Å²) in [7, 11) is 0. The Bertz CT molecular complexity index is 1210. The predicted octanol–water partition coefficient (Wildman–Crippen LogP) is 4.16. The maximum absolute atomic E-state index is 2.48. The van der Waals surface area contributed by atoms with Crippen LogP contribution < -0.4 is 26.4 Å². The van der Waals surface area contributed by atoms with Crippen LogP contribution in [0, 0.1) is 0 Å². The maximum atomic E-state index is 2.48. The van der Waals surface area contributed by atoms with Crippen LogP contribution in [0.5, 0.6) is 0 Å². The SMILES string of the molecule is CC[n+]1c(-c2ccccc2-c2ccccc2)csc1C=Cc1ccc(N2CCCC2)cc1.[Br-]. The van der Waals surface area contributed by atoms with Crippen LogP contribution in [0.15, 0.2) is 84.2 Å². The lowest BCUT2D eigenvalue weighted by molar-refractivity contribution is -0.679. The fraction of sp³-hybridized carbons (Fsp3) is 0.207. The minimum absolute atomic E-state index is 0. The second-order valence-electron chi connectivity index (χ2n) is 8.23. The van der Waals surface area contributed by atoms with Crippen molar-refractivity contribution in [3.05, 3.63) is 94.8 Å². The van der Waals surface area contributed by atoms with Gasteiger partial charge in [0.15, 0.2) is 0 Å². The molecule has 1 aromatic heterocycles. The van der Waals surface area contributed by atoms with Gasteiger partial charge in [0, 0.05) is 24.9 Å². The number of anilines is 1. The molecule has 0 spiro atoms. The van der Waals surface area contributed by atoms with Crippen LogP contribution in [0.3, 0.4) is 0 Å². The molecule has 4 heteroatoms. The molecule has 0 unspecified atom stereocenters. The van der Waals surface area contributed by atoms with Gasteiger partial charge in [-0.3, -0.25) is 0 Å². The van der Waals surface area contributed by atoms with Gasteiger partial charge in [-0.05, 0) is 60.7 Å². The number of hydrogen-bond acceptors (Lipinski definition) is 2. The lowest BCUT2D eigenvalue weighted by Crippen LogP contribution is -3.00. The summed E-state index contributed by atoms with van der Waals surface area (Å²) >= 11 is 1.81. The number of nitrogens with zero attached hydrogens (tertiary/aromatic N) is 2. The minimum atomic E-state index is 0. The third-order valence-corrected chi connectivity index (χ3v) is 7.17. The van der Waals surface area contributed by atoms with E-state index in [4.69, 9.17) is 0 Å². The van der Waals surface area contributed by atoms with E-state index in [1.807, 2.05) is 11.3 Å². The Balaban J connectivity index is 0.00000259. The summed E-state index contributed by atoms with van der Waals surface area (Å²) in [6.45, 7) is 5.54. The molecule has 0 atom stereocenters. The minimum Gasteiger partial charge on any atom is -1.00 e. The molecule has 1 aliphatic heterocycles. The second-order valence-corrected chi connectivity index (χ2v) is 9.12. The molecule has 0 amide bonds. The fourth-order valence-electron chi connectivity index (χ4n) is 4.54. The summed E-state index contributed by atoms with van der Waals surface area (Å²) in [6, 6.07) is 28.4. The smallest absolute Gasteiger partial charge is 0.262 e. The zero-order valence-electron chi connectivity index (χ0n) is 19.0. The van der Waals surface area contributed by atoms with Crippen LogP contribution in [0.2, 0.25) is 0 Å². The van der Waals surface area contributed by atoms with Gasteiger partial charge >= 0.3 is 0 Å². The lowest BCUT2D eigenvalue weighted by atomic mass is 9.98. The molecule has 4 aromatic rings. The van der Waals surface area contributed by atoms with E-state index < -0.39 is 0 Å². The molecular weight excluding hydrogens is 488 g/mol. The van der Waals surface area contributed by atoms with Gasteiger partial charge in [0.25, 0.3) is 5.01 Å². The van der Waals surface area contributed by atoms with Gasteiger partial charge in [-0.15, -0.1) is 0 Å². The van der Waals surface area contributed by atoms with E-state index in [9.17, 15) is 0 Å². The summed E-state index contributed by atoms with van der Waals surface area (Å²) in [6.07, 6.45) is 7.12. The molecule has 0 bridgehead atoms. The molecule has 3 aromatic carbocycles. The van der Waals surface area contributed by atoms with E-state index >= 15 is 0 Å². The van der Waals surface area contributed by atoms with Crippen LogP contribution >= 0.6 is 11.3 Å². The van der Waals surface area contributed by atoms with Crippen molar-refractivity contribution in [1.82, 2.24) is 0 Å². The third kappa shape index (κ3) is 5.13. The highest BCUT2D eigenvalue weighted by atomic mass is 79.9. The van der Waals surface area contributed by atoms with Crippen LogP contribution in [-0.2, 0) is 6.54 Å². The fourth-order valence-corrected chi connectivity index (χ4v) is 5.53. The standard InChI is InChI=1S/C29H29N2S.BrH/c1-2-31-28(27-13-7-6-12-26(27)24-10-4-3-5-11-24)22-32-29(31)19-16-23-14-17-25(18-15-23)30-20-8-9-21-30;/h3-7,10-19,22H,2,8-9,20-21H2,1H3;1H/q+1;/p-1. The molecule has 2 heterocycles. The van der Waals surface area contributed by atoms with E-state index in [1.165, 1.54) is 64.6 Å². The first kappa shape index (κ1) is 23.5. The van der Waals surface area contributed by atoms with Crippen molar-refractivity contribution >= 4 is 29.2 Å². The first-order valence-electron chi connectivity index (χ1n) is 11.5. The molecule has 1 aliphatic rings. The van der Waals surface area contributed by atoms with Crippen molar-refractivity contribution in [2.75, 3.05) is 18.0 Å². The van der Waals surface area contributed by atoms with Crippen molar-refractivity contribution in [2.45, 2.75) is 26.3 Å². The van der Waals surface area contributed by atoms with E-state index in [-0.39, 0.29) is 17.0 Å². The highest BCUT2D eigenvalue weighted by Gasteiger charge is 2.21. The number of halogens is 1. The zero-order valence-corrected chi connectivity index (χ0v) is 21.4. The Kier molecular flexibility index (Phi) is 7.79.